The van der Waals surface area contributed by atoms with E-state index in [1.165, 1.54) is 43.9 Å². The molecule has 20 heavy (non-hydrogen) atoms. The van der Waals surface area contributed by atoms with Crippen molar-refractivity contribution in [1.82, 2.24) is 9.80 Å². The Labute approximate surface area is 119 Å². The number of nitrogens with zero attached hydrogens (tertiary/aromatic N) is 2. The van der Waals surface area contributed by atoms with Crippen LogP contribution < -0.4 is 0 Å². The second-order valence-corrected chi connectivity index (χ2v) is 5.99. The zero-order valence-electron chi connectivity index (χ0n) is 11.8. The molecule has 0 amide bonds. The summed E-state index contributed by atoms with van der Waals surface area (Å²) >= 11 is 0. The van der Waals surface area contributed by atoms with Gasteiger partial charge in [-0.25, -0.2) is 8.78 Å². The van der Waals surface area contributed by atoms with Crippen molar-refractivity contribution in [2.75, 3.05) is 26.2 Å². The molecule has 0 aromatic heterocycles. The highest BCUT2D eigenvalue weighted by Crippen LogP contribution is 2.24. The Morgan fingerprint density at radius 3 is 2.40 bits per heavy atom. The number of piperazine rings is 1. The van der Waals surface area contributed by atoms with E-state index in [2.05, 4.69) is 9.80 Å². The molecule has 4 heteroatoms. The molecule has 1 aliphatic heterocycles. The van der Waals surface area contributed by atoms with Gasteiger partial charge in [-0.05, 0) is 31.0 Å². The zero-order valence-corrected chi connectivity index (χ0v) is 11.8. The number of benzene rings is 1. The normalized spacial score (nSPS) is 22.5. The molecule has 0 radical (unpaired) electrons. The van der Waals surface area contributed by atoms with Gasteiger partial charge >= 0.3 is 0 Å². The molecule has 2 fully saturated rings. The summed E-state index contributed by atoms with van der Waals surface area (Å²) < 4.78 is 26.8. The third-order valence-corrected chi connectivity index (χ3v) is 4.65. The van der Waals surface area contributed by atoms with Crippen LogP contribution in [0.15, 0.2) is 18.2 Å². The number of hydrogen-bond acceptors (Lipinski definition) is 2. The highest BCUT2D eigenvalue weighted by molar-refractivity contribution is 5.18. The Bertz CT molecular complexity index is 450. The van der Waals surface area contributed by atoms with Crippen molar-refractivity contribution < 1.29 is 8.78 Å². The maximum atomic E-state index is 13.6. The lowest BCUT2D eigenvalue weighted by atomic mass is 10.1. The molecule has 0 spiro atoms. The third kappa shape index (κ3) is 3.18. The topological polar surface area (TPSA) is 6.48 Å². The molecule has 1 saturated carbocycles. The standard InChI is InChI=1S/C16H22F2N2/c17-14-5-6-16(18)13(11-14)12-19-7-9-20(10-8-19)15-3-1-2-4-15/h5-6,11,15H,1-4,7-10,12H2. The molecule has 1 heterocycles. The van der Waals surface area contributed by atoms with E-state index in [1.807, 2.05) is 0 Å². The van der Waals surface area contributed by atoms with Gasteiger partial charge in [0.15, 0.2) is 0 Å². The van der Waals surface area contributed by atoms with Gasteiger partial charge in [0.25, 0.3) is 0 Å². The van der Waals surface area contributed by atoms with Crippen LogP contribution in [0, 0.1) is 11.6 Å². The van der Waals surface area contributed by atoms with Crippen LogP contribution in [0.4, 0.5) is 8.78 Å². The number of rotatable bonds is 3. The van der Waals surface area contributed by atoms with Crippen molar-refractivity contribution in [1.29, 1.82) is 0 Å². The Kier molecular flexibility index (Phi) is 4.32. The SMILES string of the molecule is Fc1ccc(F)c(CN2CCN(C3CCCC3)CC2)c1. The van der Waals surface area contributed by atoms with Crippen LogP contribution in [0.2, 0.25) is 0 Å². The minimum atomic E-state index is -0.356. The first kappa shape index (κ1) is 14.0. The minimum absolute atomic E-state index is 0.301. The predicted molar refractivity (Wildman–Crippen MR) is 75.5 cm³/mol. The van der Waals surface area contributed by atoms with Gasteiger partial charge < -0.3 is 0 Å². The Hall–Kier alpha value is -1.00. The predicted octanol–water partition coefficient (Wildman–Crippen LogP) is 3.03. The Morgan fingerprint density at radius 1 is 1.00 bits per heavy atom. The van der Waals surface area contributed by atoms with Crippen molar-refractivity contribution in [3.8, 4) is 0 Å². The van der Waals surface area contributed by atoms with Crippen molar-refractivity contribution in [3.63, 3.8) is 0 Å². The number of hydrogen-bond donors (Lipinski definition) is 0. The fourth-order valence-electron chi connectivity index (χ4n) is 3.46. The van der Waals surface area contributed by atoms with Crippen LogP contribution in [0.1, 0.15) is 31.2 Å². The molecular formula is C16H22F2N2. The van der Waals surface area contributed by atoms with Crippen LogP contribution in [0.3, 0.4) is 0 Å². The van der Waals surface area contributed by atoms with Gasteiger partial charge in [-0.15, -0.1) is 0 Å². The van der Waals surface area contributed by atoms with Crippen LogP contribution in [-0.2, 0) is 6.54 Å². The van der Waals surface area contributed by atoms with Crippen LogP contribution in [0.5, 0.6) is 0 Å². The first-order chi connectivity index (χ1) is 9.72. The average molecular weight is 280 g/mol. The fourth-order valence-corrected chi connectivity index (χ4v) is 3.46. The van der Waals surface area contributed by atoms with Gasteiger partial charge in [-0.3, -0.25) is 9.80 Å². The molecule has 0 atom stereocenters. The fraction of sp³-hybridized carbons (Fsp3) is 0.625. The molecule has 0 bridgehead atoms. The monoisotopic (exact) mass is 280 g/mol. The average Bonchev–Trinajstić information content (AvgIpc) is 2.98. The Balaban J connectivity index is 1.54. The van der Waals surface area contributed by atoms with E-state index < -0.39 is 0 Å². The van der Waals surface area contributed by atoms with Crippen molar-refractivity contribution >= 4 is 0 Å². The molecule has 3 rings (SSSR count). The molecule has 110 valence electrons. The van der Waals surface area contributed by atoms with Crippen molar-refractivity contribution in [2.45, 2.75) is 38.3 Å². The van der Waals surface area contributed by atoms with Crippen LogP contribution in [-0.4, -0.2) is 42.0 Å². The second kappa shape index (κ2) is 6.19. The molecule has 1 aromatic carbocycles. The van der Waals surface area contributed by atoms with Gasteiger partial charge in [-0.1, -0.05) is 12.8 Å². The van der Waals surface area contributed by atoms with E-state index in [4.69, 9.17) is 0 Å². The lowest BCUT2D eigenvalue weighted by molar-refractivity contribution is 0.0930. The summed E-state index contributed by atoms with van der Waals surface area (Å²) in [4.78, 5) is 4.80. The molecule has 0 unspecified atom stereocenters. The van der Waals surface area contributed by atoms with E-state index in [0.717, 1.165) is 32.2 Å². The van der Waals surface area contributed by atoms with Crippen molar-refractivity contribution in [2.24, 2.45) is 0 Å². The summed E-state index contributed by atoms with van der Waals surface area (Å²) in [5.74, 6) is -0.657. The third-order valence-electron chi connectivity index (χ3n) is 4.65. The molecular weight excluding hydrogens is 258 g/mol. The Morgan fingerprint density at radius 2 is 1.70 bits per heavy atom. The molecule has 0 N–H and O–H groups in total. The maximum Gasteiger partial charge on any atom is 0.127 e. The molecule has 2 aliphatic rings. The summed E-state index contributed by atoms with van der Waals surface area (Å²) in [6.45, 7) is 4.53. The molecule has 1 aliphatic carbocycles. The van der Waals surface area contributed by atoms with Gasteiger partial charge in [0.2, 0.25) is 0 Å². The summed E-state index contributed by atoms with van der Waals surface area (Å²) in [6.07, 6.45) is 5.38. The van der Waals surface area contributed by atoms with E-state index in [-0.39, 0.29) is 11.6 Å². The first-order valence-corrected chi connectivity index (χ1v) is 7.63. The van der Waals surface area contributed by atoms with Crippen LogP contribution in [0.25, 0.3) is 0 Å². The summed E-state index contributed by atoms with van der Waals surface area (Å²) in [5.41, 5.74) is 0.472. The highest BCUT2D eigenvalue weighted by atomic mass is 19.1. The lowest BCUT2D eigenvalue weighted by Crippen LogP contribution is -2.49. The molecule has 2 nitrogen and oxygen atoms in total. The van der Waals surface area contributed by atoms with Crippen LogP contribution >= 0.6 is 0 Å². The number of halogens is 2. The van der Waals surface area contributed by atoms with Gasteiger partial charge in [0, 0.05) is 44.3 Å². The molecule has 1 saturated heterocycles. The van der Waals surface area contributed by atoms with Gasteiger partial charge in [0.1, 0.15) is 11.6 Å². The zero-order chi connectivity index (χ0) is 13.9. The van der Waals surface area contributed by atoms with E-state index in [9.17, 15) is 8.78 Å². The van der Waals surface area contributed by atoms with Gasteiger partial charge in [0.05, 0.1) is 0 Å². The lowest BCUT2D eigenvalue weighted by Gasteiger charge is -2.38. The summed E-state index contributed by atoms with van der Waals surface area (Å²) in [7, 11) is 0. The minimum Gasteiger partial charge on any atom is -0.298 e. The summed E-state index contributed by atoms with van der Waals surface area (Å²) in [5, 5.41) is 0. The van der Waals surface area contributed by atoms with Crippen molar-refractivity contribution in [3.05, 3.63) is 35.4 Å². The first-order valence-electron chi connectivity index (χ1n) is 7.63. The van der Waals surface area contributed by atoms with E-state index >= 15 is 0 Å². The quantitative estimate of drug-likeness (QED) is 0.840. The largest absolute Gasteiger partial charge is 0.298 e. The highest BCUT2D eigenvalue weighted by Gasteiger charge is 2.26. The molecule has 1 aromatic rings. The van der Waals surface area contributed by atoms with Gasteiger partial charge in [-0.2, -0.15) is 0 Å². The maximum absolute atomic E-state index is 13.6. The van der Waals surface area contributed by atoms with E-state index in [0.29, 0.717) is 12.1 Å². The van der Waals surface area contributed by atoms with E-state index in [1.54, 1.807) is 0 Å². The smallest absolute Gasteiger partial charge is 0.127 e. The summed E-state index contributed by atoms with van der Waals surface area (Å²) in [6, 6.07) is 4.48. The second-order valence-electron chi connectivity index (χ2n) is 5.99.